The second-order valence-electron chi connectivity index (χ2n) is 5.36. The van der Waals surface area contributed by atoms with Crippen LogP contribution in [0.1, 0.15) is 28.3 Å². The number of fused-ring (bicyclic) bond motifs is 1. The lowest BCUT2D eigenvalue weighted by Crippen LogP contribution is -2.25. The average molecular weight is 297 g/mol. The molecule has 0 spiro atoms. The number of hydrogen-bond acceptors (Lipinski definition) is 3. The van der Waals surface area contributed by atoms with E-state index in [1.165, 1.54) is 0 Å². The molecule has 0 atom stereocenters. The third-order valence-corrected chi connectivity index (χ3v) is 3.67. The van der Waals surface area contributed by atoms with Crippen LogP contribution in [0.25, 0.3) is 11.0 Å². The first kappa shape index (κ1) is 14.4. The van der Waals surface area contributed by atoms with Gasteiger partial charge in [-0.3, -0.25) is 4.79 Å². The Morgan fingerprint density at radius 1 is 1.32 bits per heavy atom. The molecule has 2 heterocycles. The number of benzene rings is 1. The Kier molecular flexibility index (Phi) is 3.96. The Hall–Kier alpha value is -2.56. The van der Waals surface area contributed by atoms with Crippen molar-refractivity contribution in [2.24, 2.45) is 0 Å². The normalized spacial score (nSPS) is 11.0. The van der Waals surface area contributed by atoms with E-state index in [1.807, 2.05) is 31.5 Å². The Bertz CT molecular complexity index is 801. The highest BCUT2D eigenvalue weighted by Crippen LogP contribution is 2.14. The minimum Gasteiger partial charge on any atom is -0.466 e. The van der Waals surface area contributed by atoms with Crippen molar-refractivity contribution in [1.82, 2.24) is 14.9 Å². The van der Waals surface area contributed by atoms with Crippen molar-refractivity contribution in [2.75, 3.05) is 6.54 Å². The van der Waals surface area contributed by atoms with Crippen LogP contribution < -0.4 is 5.32 Å². The van der Waals surface area contributed by atoms with Crippen LogP contribution in [0, 0.1) is 13.8 Å². The van der Waals surface area contributed by atoms with Crippen LogP contribution in [-0.2, 0) is 6.54 Å². The maximum atomic E-state index is 12.1. The first-order valence-electron chi connectivity index (χ1n) is 7.40. The van der Waals surface area contributed by atoms with Crippen LogP contribution in [0.15, 0.2) is 41.1 Å². The van der Waals surface area contributed by atoms with E-state index < -0.39 is 0 Å². The molecule has 0 saturated carbocycles. The van der Waals surface area contributed by atoms with E-state index in [2.05, 4.69) is 20.9 Å². The Labute approximate surface area is 129 Å². The van der Waals surface area contributed by atoms with Gasteiger partial charge < -0.3 is 14.3 Å². The molecule has 3 rings (SSSR count). The van der Waals surface area contributed by atoms with E-state index in [1.54, 1.807) is 13.0 Å². The van der Waals surface area contributed by atoms with Crippen LogP contribution >= 0.6 is 0 Å². The van der Waals surface area contributed by atoms with E-state index >= 15 is 0 Å². The summed E-state index contributed by atoms with van der Waals surface area (Å²) in [5.74, 6) is 1.34. The summed E-state index contributed by atoms with van der Waals surface area (Å²) in [6.45, 7) is 5.09. The van der Waals surface area contributed by atoms with Gasteiger partial charge in [0.25, 0.3) is 5.91 Å². The number of rotatable bonds is 5. The number of carbonyl (C=O) groups excluding carboxylic acids is 1. The number of amides is 1. The van der Waals surface area contributed by atoms with Crippen LogP contribution in [0.3, 0.4) is 0 Å². The number of furan rings is 1. The summed E-state index contributed by atoms with van der Waals surface area (Å²) in [4.78, 5) is 16.4. The van der Waals surface area contributed by atoms with Gasteiger partial charge in [-0.2, -0.15) is 0 Å². The summed E-state index contributed by atoms with van der Waals surface area (Å²) in [6, 6.07) is 9.81. The first-order valence-corrected chi connectivity index (χ1v) is 7.40. The topological polar surface area (TPSA) is 60.1 Å². The smallest absolute Gasteiger partial charge is 0.254 e. The van der Waals surface area contributed by atoms with Crippen LogP contribution in [0.5, 0.6) is 0 Å². The van der Waals surface area contributed by atoms with Crippen molar-refractivity contribution >= 4 is 16.9 Å². The second-order valence-corrected chi connectivity index (χ2v) is 5.36. The SMILES string of the molecule is Cc1cc(C(=O)NCCCn2cnc3ccccc32)c(C)o1. The molecule has 0 aliphatic rings. The molecule has 5 nitrogen and oxygen atoms in total. The maximum absolute atomic E-state index is 12.1. The first-order chi connectivity index (χ1) is 10.6. The number of imidazole rings is 1. The van der Waals surface area contributed by atoms with Gasteiger partial charge in [0.1, 0.15) is 11.5 Å². The number of aromatic nitrogens is 2. The summed E-state index contributed by atoms with van der Waals surface area (Å²) >= 11 is 0. The van der Waals surface area contributed by atoms with E-state index in [9.17, 15) is 4.79 Å². The predicted molar refractivity (Wildman–Crippen MR) is 84.9 cm³/mol. The highest BCUT2D eigenvalue weighted by molar-refractivity contribution is 5.95. The van der Waals surface area contributed by atoms with E-state index in [-0.39, 0.29) is 5.91 Å². The number of hydrogen-bond donors (Lipinski definition) is 1. The van der Waals surface area contributed by atoms with Crippen LogP contribution in [0.2, 0.25) is 0 Å². The molecule has 1 aromatic carbocycles. The fourth-order valence-electron chi connectivity index (χ4n) is 2.59. The zero-order valence-electron chi connectivity index (χ0n) is 12.8. The van der Waals surface area contributed by atoms with Gasteiger partial charge in [-0.15, -0.1) is 0 Å². The lowest BCUT2D eigenvalue weighted by Gasteiger charge is -2.06. The molecule has 0 aliphatic heterocycles. The molecule has 3 aromatic rings. The minimum atomic E-state index is -0.0789. The Morgan fingerprint density at radius 3 is 2.91 bits per heavy atom. The molecule has 0 bridgehead atoms. The zero-order valence-corrected chi connectivity index (χ0v) is 12.8. The monoisotopic (exact) mass is 297 g/mol. The number of nitrogens with zero attached hydrogens (tertiary/aromatic N) is 2. The molecule has 5 heteroatoms. The molecule has 0 fully saturated rings. The lowest BCUT2D eigenvalue weighted by molar-refractivity contribution is 0.0951. The number of nitrogens with one attached hydrogen (secondary N) is 1. The molecule has 114 valence electrons. The largest absolute Gasteiger partial charge is 0.466 e. The van der Waals surface area contributed by atoms with E-state index in [0.29, 0.717) is 17.9 Å². The highest BCUT2D eigenvalue weighted by atomic mass is 16.3. The fourth-order valence-corrected chi connectivity index (χ4v) is 2.59. The van der Waals surface area contributed by atoms with Crippen LogP contribution in [0.4, 0.5) is 0 Å². The standard InChI is InChI=1S/C17H19N3O2/c1-12-10-14(13(2)22-12)17(21)18-8-5-9-20-11-19-15-6-3-4-7-16(15)20/h3-4,6-7,10-11H,5,8-9H2,1-2H3,(H,18,21). The lowest BCUT2D eigenvalue weighted by atomic mass is 10.2. The number of aryl methyl sites for hydroxylation is 3. The predicted octanol–water partition coefficient (Wildman–Crippen LogP) is 3.07. The molecule has 1 N–H and O–H groups in total. The van der Waals surface area contributed by atoms with Gasteiger partial charge in [-0.25, -0.2) is 4.98 Å². The molecule has 0 unspecified atom stereocenters. The van der Waals surface area contributed by atoms with Gasteiger partial charge in [0.15, 0.2) is 0 Å². The molecule has 1 amide bonds. The third kappa shape index (κ3) is 2.88. The second kappa shape index (κ2) is 6.05. The van der Waals surface area contributed by atoms with Gasteiger partial charge in [0.2, 0.25) is 0 Å². The number of carbonyl (C=O) groups is 1. The van der Waals surface area contributed by atoms with Crippen LogP contribution in [-0.4, -0.2) is 22.0 Å². The Morgan fingerprint density at radius 2 is 2.14 bits per heavy atom. The quantitative estimate of drug-likeness (QED) is 0.736. The molecular formula is C17H19N3O2. The Balaban J connectivity index is 1.53. The molecular weight excluding hydrogens is 278 g/mol. The van der Waals surface area contributed by atoms with Gasteiger partial charge in [0, 0.05) is 13.1 Å². The third-order valence-electron chi connectivity index (χ3n) is 3.67. The van der Waals surface area contributed by atoms with Crippen molar-refractivity contribution in [1.29, 1.82) is 0 Å². The summed E-state index contributed by atoms with van der Waals surface area (Å²) in [6.07, 6.45) is 2.69. The number of para-hydroxylation sites is 2. The molecule has 0 radical (unpaired) electrons. The fraction of sp³-hybridized carbons (Fsp3) is 0.294. The average Bonchev–Trinajstić information content (AvgIpc) is 3.07. The van der Waals surface area contributed by atoms with Crippen molar-refractivity contribution in [3.05, 3.63) is 53.7 Å². The molecule has 2 aromatic heterocycles. The minimum absolute atomic E-state index is 0.0789. The summed E-state index contributed by atoms with van der Waals surface area (Å²) in [5.41, 5.74) is 2.73. The van der Waals surface area contributed by atoms with Crippen molar-refractivity contribution in [3.8, 4) is 0 Å². The molecule has 0 saturated heterocycles. The summed E-state index contributed by atoms with van der Waals surface area (Å²) < 4.78 is 7.48. The van der Waals surface area contributed by atoms with Crippen molar-refractivity contribution in [2.45, 2.75) is 26.8 Å². The maximum Gasteiger partial charge on any atom is 0.254 e. The molecule has 22 heavy (non-hydrogen) atoms. The highest BCUT2D eigenvalue weighted by Gasteiger charge is 2.12. The van der Waals surface area contributed by atoms with E-state index in [4.69, 9.17) is 4.42 Å². The zero-order chi connectivity index (χ0) is 15.5. The molecule has 0 aliphatic carbocycles. The van der Waals surface area contributed by atoms with Gasteiger partial charge in [-0.1, -0.05) is 12.1 Å². The van der Waals surface area contributed by atoms with E-state index in [0.717, 1.165) is 29.8 Å². The van der Waals surface area contributed by atoms with Gasteiger partial charge in [-0.05, 0) is 38.5 Å². The van der Waals surface area contributed by atoms with Gasteiger partial charge >= 0.3 is 0 Å². The van der Waals surface area contributed by atoms with Crippen molar-refractivity contribution in [3.63, 3.8) is 0 Å². The summed E-state index contributed by atoms with van der Waals surface area (Å²) in [5, 5.41) is 2.93. The van der Waals surface area contributed by atoms with Gasteiger partial charge in [0.05, 0.1) is 22.9 Å². The van der Waals surface area contributed by atoms with Crippen molar-refractivity contribution < 1.29 is 9.21 Å². The summed E-state index contributed by atoms with van der Waals surface area (Å²) in [7, 11) is 0.